The van der Waals surface area contributed by atoms with E-state index in [0.717, 1.165) is 32.8 Å². The van der Waals surface area contributed by atoms with Crippen molar-refractivity contribution in [3.63, 3.8) is 0 Å². The molecule has 2 rings (SSSR count). The predicted molar refractivity (Wildman–Crippen MR) is 86.4 cm³/mol. The number of ether oxygens (including phenoxy) is 1. The van der Waals surface area contributed by atoms with Gasteiger partial charge in [-0.2, -0.15) is 0 Å². The number of nitrogens with zero attached hydrogens (tertiary/aromatic N) is 2. The van der Waals surface area contributed by atoms with Gasteiger partial charge in [0.15, 0.2) is 0 Å². The minimum atomic E-state index is -0.275. The molecule has 1 aromatic heterocycles. The average molecular weight is 320 g/mol. The van der Waals surface area contributed by atoms with E-state index < -0.39 is 0 Å². The topological polar surface area (TPSA) is 83.6 Å². The van der Waals surface area contributed by atoms with Crippen LogP contribution in [-0.4, -0.2) is 67.1 Å². The standard InChI is InChI=1S/C16H24N4O3/c1-12(2)19-16(22)14-11-13(3-4-17-14)15(21)18-5-6-20-7-9-23-10-8-20/h3-4,11-12H,5-10H2,1-2H3,(H,18,21)(H,19,22). The Bertz CT molecular complexity index is 542. The van der Waals surface area contributed by atoms with Gasteiger partial charge in [-0.25, -0.2) is 0 Å². The van der Waals surface area contributed by atoms with E-state index in [-0.39, 0.29) is 23.6 Å². The number of hydrogen-bond donors (Lipinski definition) is 2. The highest BCUT2D eigenvalue weighted by atomic mass is 16.5. The molecule has 0 saturated carbocycles. The number of rotatable bonds is 6. The highest BCUT2D eigenvalue weighted by Crippen LogP contribution is 2.03. The predicted octanol–water partition coefficient (Wildman–Crippen LogP) is 0.282. The summed E-state index contributed by atoms with van der Waals surface area (Å²) in [7, 11) is 0. The summed E-state index contributed by atoms with van der Waals surface area (Å²) in [6.07, 6.45) is 1.48. The summed E-state index contributed by atoms with van der Waals surface area (Å²) in [6, 6.07) is 3.15. The van der Waals surface area contributed by atoms with Crippen LogP contribution in [0.4, 0.5) is 0 Å². The van der Waals surface area contributed by atoms with Gasteiger partial charge in [-0.05, 0) is 26.0 Å². The highest BCUT2D eigenvalue weighted by Gasteiger charge is 2.13. The van der Waals surface area contributed by atoms with Crippen molar-refractivity contribution in [1.29, 1.82) is 0 Å². The van der Waals surface area contributed by atoms with Crippen LogP contribution in [0.25, 0.3) is 0 Å². The molecule has 23 heavy (non-hydrogen) atoms. The van der Waals surface area contributed by atoms with Crippen LogP contribution in [0.1, 0.15) is 34.7 Å². The molecule has 0 unspecified atom stereocenters. The van der Waals surface area contributed by atoms with Crippen LogP contribution >= 0.6 is 0 Å². The van der Waals surface area contributed by atoms with Crippen molar-refractivity contribution in [2.75, 3.05) is 39.4 Å². The average Bonchev–Trinajstić information content (AvgIpc) is 2.55. The van der Waals surface area contributed by atoms with Crippen LogP contribution in [0.5, 0.6) is 0 Å². The number of carbonyl (C=O) groups is 2. The lowest BCUT2D eigenvalue weighted by Crippen LogP contribution is -2.41. The minimum absolute atomic E-state index is 0.0234. The maximum absolute atomic E-state index is 12.2. The van der Waals surface area contributed by atoms with Gasteiger partial charge in [0.05, 0.1) is 13.2 Å². The zero-order chi connectivity index (χ0) is 16.7. The second-order valence-electron chi connectivity index (χ2n) is 5.77. The van der Waals surface area contributed by atoms with Gasteiger partial charge in [-0.3, -0.25) is 19.5 Å². The van der Waals surface area contributed by atoms with Crippen molar-refractivity contribution < 1.29 is 14.3 Å². The van der Waals surface area contributed by atoms with Crippen molar-refractivity contribution in [3.05, 3.63) is 29.6 Å². The Balaban J connectivity index is 1.85. The Morgan fingerprint density at radius 2 is 2.04 bits per heavy atom. The maximum atomic E-state index is 12.2. The third-order valence-corrected chi connectivity index (χ3v) is 3.49. The molecule has 0 aliphatic carbocycles. The van der Waals surface area contributed by atoms with Crippen LogP contribution in [0.2, 0.25) is 0 Å². The smallest absolute Gasteiger partial charge is 0.270 e. The molecule has 2 amide bonds. The van der Waals surface area contributed by atoms with E-state index in [9.17, 15) is 9.59 Å². The van der Waals surface area contributed by atoms with Crippen LogP contribution < -0.4 is 10.6 Å². The molecule has 7 nitrogen and oxygen atoms in total. The first-order valence-electron chi connectivity index (χ1n) is 7.91. The first kappa shape index (κ1) is 17.4. The first-order valence-corrected chi connectivity index (χ1v) is 7.91. The number of nitrogens with one attached hydrogen (secondary N) is 2. The van der Waals surface area contributed by atoms with Gasteiger partial charge in [-0.1, -0.05) is 0 Å². The normalized spacial score (nSPS) is 15.4. The molecular weight excluding hydrogens is 296 g/mol. The molecule has 0 atom stereocenters. The minimum Gasteiger partial charge on any atom is -0.379 e. The molecule has 7 heteroatoms. The summed E-state index contributed by atoms with van der Waals surface area (Å²) in [6.45, 7) is 8.38. The van der Waals surface area contributed by atoms with Crippen molar-refractivity contribution in [3.8, 4) is 0 Å². The number of morpholine rings is 1. The number of pyridine rings is 1. The molecule has 0 radical (unpaired) electrons. The quantitative estimate of drug-likeness (QED) is 0.787. The summed E-state index contributed by atoms with van der Waals surface area (Å²) in [5.74, 6) is -0.470. The molecule has 1 aliphatic rings. The Morgan fingerprint density at radius 1 is 1.30 bits per heavy atom. The van der Waals surface area contributed by atoms with Crippen molar-refractivity contribution >= 4 is 11.8 Å². The molecule has 0 aromatic carbocycles. The second-order valence-corrected chi connectivity index (χ2v) is 5.77. The zero-order valence-corrected chi connectivity index (χ0v) is 13.7. The van der Waals surface area contributed by atoms with E-state index in [1.807, 2.05) is 13.8 Å². The molecular formula is C16H24N4O3. The zero-order valence-electron chi connectivity index (χ0n) is 13.7. The Hall–Kier alpha value is -1.99. The molecule has 1 fully saturated rings. The molecule has 0 spiro atoms. The first-order chi connectivity index (χ1) is 11.1. The lowest BCUT2D eigenvalue weighted by Gasteiger charge is -2.26. The van der Waals surface area contributed by atoms with E-state index in [1.54, 1.807) is 6.07 Å². The number of amides is 2. The van der Waals surface area contributed by atoms with E-state index in [1.165, 1.54) is 12.3 Å². The van der Waals surface area contributed by atoms with Crippen molar-refractivity contribution in [1.82, 2.24) is 20.5 Å². The largest absolute Gasteiger partial charge is 0.379 e. The second kappa shape index (κ2) is 8.59. The summed E-state index contributed by atoms with van der Waals surface area (Å²) < 4.78 is 5.29. The van der Waals surface area contributed by atoms with Crippen molar-refractivity contribution in [2.45, 2.75) is 19.9 Å². The Labute approximate surface area is 136 Å². The fourth-order valence-electron chi connectivity index (χ4n) is 2.29. The third kappa shape index (κ3) is 5.61. The van der Waals surface area contributed by atoms with E-state index in [0.29, 0.717) is 12.1 Å². The molecule has 2 heterocycles. The monoisotopic (exact) mass is 320 g/mol. The van der Waals surface area contributed by atoms with Crippen LogP contribution in [-0.2, 0) is 4.74 Å². The Morgan fingerprint density at radius 3 is 2.74 bits per heavy atom. The van der Waals surface area contributed by atoms with E-state index >= 15 is 0 Å². The van der Waals surface area contributed by atoms with Gasteiger partial charge in [0.2, 0.25) is 0 Å². The summed E-state index contributed by atoms with van der Waals surface area (Å²) in [5.41, 5.74) is 0.690. The molecule has 1 saturated heterocycles. The number of aromatic nitrogens is 1. The molecule has 1 aliphatic heterocycles. The lowest BCUT2D eigenvalue weighted by atomic mass is 10.2. The maximum Gasteiger partial charge on any atom is 0.270 e. The fourth-order valence-corrected chi connectivity index (χ4v) is 2.29. The molecule has 0 bridgehead atoms. The van der Waals surface area contributed by atoms with Crippen LogP contribution in [0.3, 0.4) is 0 Å². The summed E-state index contributed by atoms with van der Waals surface area (Å²) in [5, 5.41) is 5.63. The van der Waals surface area contributed by atoms with Crippen LogP contribution in [0.15, 0.2) is 18.3 Å². The molecule has 1 aromatic rings. The third-order valence-electron chi connectivity index (χ3n) is 3.49. The SMILES string of the molecule is CC(C)NC(=O)c1cc(C(=O)NCCN2CCOCC2)ccn1. The van der Waals surface area contributed by atoms with Gasteiger partial charge in [-0.15, -0.1) is 0 Å². The van der Waals surface area contributed by atoms with Gasteiger partial charge in [0.1, 0.15) is 5.69 Å². The number of carbonyl (C=O) groups excluding carboxylic acids is 2. The molecule has 2 N–H and O–H groups in total. The fraction of sp³-hybridized carbons (Fsp3) is 0.562. The number of hydrogen-bond acceptors (Lipinski definition) is 5. The lowest BCUT2D eigenvalue weighted by molar-refractivity contribution is 0.0383. The van der Waals surface area contributed by atoms with Gasteiger partial charge >= 0.3 is 0 Å². The molecule has 126 valence electrons. The van der Waals surface area contributed by atoms with Crippen LogP contribution in [0, 0.1) is 0 Å². The summed E-state index contributed by atoms with van der Waals surface area (Å²) in [4.78, 5) is 30.4. The van der Waals surface area contributed by atoms with Gasteiger partial charge in [0.25, 0.3) is 11.8 Å². The van der Waals surface area contributed by atoms with Gasteiger partial charge in [0, 0.05) is 44.0 Å². The highest BCUT2D eigenvalue weighted by molar-refractivity contribution is 5.98. The summed E-state index contributed by atoms with van der Waals surface area (Å²) >= 11 is 0. The van der Waals surface area contributed by atoms with E-state index in [2.05, 4.69) is 20.5 Å². The Kier molecular flexibility index (Phi) is 6.49. The van der Waals surface area contributed by atoms with E-state index in [4.69, 9.17) is 4.74 Å². The van der Waals surface area contributed by atoms with Gasteiger partial charge < -0.3 is 15.4 Å². The van der Waals surface area contributed by atoms with Crippen molar-refractivity contribution in [2.24, 2.45) is 0 Å².